The fourth-order valence-corrected chi connectivity index (χ4v) is 0.280. The second kappa shape index (κ2) is 2.31. The quantitative estimate of drug-likeness (QED) is 0.516. The molecule has 0 bridgehead atoms. The van der Waals surface area contributed by atoms with E-state index in [-0.39, 0.29) is 0 Å². The van der Waals surface area contributed by atoms with Gasteiger partial charge in [-0.25, -0.2) is 4.39 Å². The molecule has 0 saturated heterocycles. The number of hydrogen-bond donors (Lipinski definition) is 1. The van der Waals surface area contributed by atoms with E-state index in [2.05, 4.69) is 0 Å². The van der Waals surface area contributed by atoms with Crippen LogP contribution in [0.1, 0.15) is 13.8 Å². The van der Waals surface area contributed by atoms with Crippen molar-refractivity contribution in [2.24, 2.45) is 5.73 Å². The summed E-state index contributed by atoms with van der Waals surface area (Å²) in [4.78, 5) is 9.87. The Balaban J connectivity index is 4.04. The third kappa shape index (κ3) is 2.41. The topological polar surface area (TPSA) is 66.2 Å². The minimum absolute atomic E-state index is 1.09. The smallest absolute Gasteiger partial charge is 0.125 e. The lowest BCUT2D eigenvalue weighted by molar-refractivity contribution is -0.310. The normalized spacial score (nSPS) is 15.1. The van der Waals surface area contributed by atoms with E-state index in [9.17, 15) is 14.3 Å². The Labute approximate surface area is 52.7 Å². The molecule has 0 aliphatic carbocycles. The van der Waals surface area contributed by atoms with E-state index in [0.717, 1.165) is 13.8 Å². The van der Waals surface area contributed by atoms with Crippen LogP contribution >= 0.6 is 0 Å². The number of aliphatic carboxylic acids is 1. The van der Waals surface area contributed by atoms with Crippen LogP contribution in [0.4, 0.5) is 4.39 Å². The summed E-state index contributed by atoms with van der Waals surface area (Å²) in [6.45, 7) is 2.18. The predicted octanol–water partition coefficient (Wildman–Crippen LogP) is -1.19. The molecule has 0 fully saturated rings. The molecule has 2 N–H and O–H groups in total. The zero-order valence-electron chi connectivity index (χ0n) is 5.35. The van der Waals surface area contributed by atoms with Crippen LogP contribution in [0.3, 0.4) is 0 Å². The van der Waals surface area contributed by atoms with Crippen molar-refractivity contribution >= 4 is 5.97 Å². The van der Waals surface area contributed by atoms with Gasteiger partial charge in [0.1, 0.15) is 5.67 Å². The highest BCUT2D eigenvalue weighted by Crippen LogP contribution is 2.10. The Hall–Kier alpha value is -0.640. The van der Waals surface area contributed by atoms with Crippen molar-refractivity contribution < 1.29 is 14.3 Å². The van der Waals surface area contributed by atoms with Gasteiger partial charge in [0.2, 0.25) is 0 Å². The predicted molar refractivity (Wildman–Crippen MR) is 28.2 cm³/mol. The number of carboxylic acids is 1. The van der Waals surface area contributed by atoms with Crippen molar-refractivity contribution in [2.45, 2.75) is 25.6 Å². The molecule has 0 unspecified atom stereocenters. The lowest BCUT2D eigenvalue weighted by atomic mass is 10.0. The van der Waals surface area contributed by atoms with Crippen LogP contribution in [0.25, 0.3) is 0 Å². The molecule has 0 aromatic rings. The zero-order chi connectivity index (χ0) is 7.65. The minimum atomic E-state index is -1.90. The second-order valence-corrected chi connectivity index (χ2v) is 2.36. The molecule has 9 heavy (non-hydrogen) atoms. The van der Waals surface area contributed by atoms with E-state index < -0.39 is 17.7 Å². The van der Waals surface area contributed by atoms with Crippen molar-refractivity contribution in [2.75, 3.05) is 0 Å². The fraction of sp³-hybridized carbons (Fsp3) is 0.800. The van der Waals surface area contributed by atoms with E-state index in [1.807, 2.05) is 0 Å². The number of halogens is 1. The minimum Gasteiger partial charge on any atom is -0.548 e. The molecule has 0 aliphatic rings. The van der Waals surface area contributed by atoms with Crippen LogP contribution in [0, 0.1) is 0 Å². The standard InChI is InChI=1S/C5H10FNO2/c1-5(2,6)3(7)4(8)9/h3H,7H2,1-2H3,(H,8,9)/p-1/t3-/m1/s1. The summed E-state index contributed by atoms with van der Waals surface area (Å²) in [7, 11) is 0. The first kappa shape index (κ1) is 8.36. The first-order valence-electron chi connectivity index (χ1n) is 2.51. The molecule has 1 atom stereocenters. The van der Waals surface area contributed by atoms with Gasteiger partial charge in [0, 0.05) is 0 Å². The highest BCUT2D eigenvalue weighted by Gasteiger charge is 2.25. The third-order valence-electron chi connectivity index (χ3n) is 0.993. The molecule has 54 valence electrons. The molecule has 0 spiro atoms. The van der Waals surface area contributed by atoms with Gasteiger partial charge in [-0.15, -0.1) is 0 Å². The molecule has 0 rings (SSSR count). The highest BCUT2D eigenvalue weighted by molar-refractivity contribution is 5.72. The van der Waals surface area contributed by atoms with Crippen LogP contribution in [0.15, 0.2) is 0 Å². The van der Waals surface area contributed by atoms with Gasteiger partial charge in [0.25, 0.3) is 0 Å². The van der Waals surface area contributed by atoms with Crippen molar-refractivity contribution in [1.82, 2.24) is 0 Å². The fourth-order valence-electron chi connectivity index (χ4n) is 0.280. The first-order valence-corrected chi connectivity index (χ1v) is 2.51. The summed E-state index contributed by atoms with van der Waals surface area (Å²) in [5.41, 5.74) is 2.95. The van der Waals surface area contributed by atoms with Crippen LogP contribution in [0.2, 0.25) is 0 Å². The third-order valence-corrected chi connectivity index (χ3v) is 0.993. The molecule has 0 aromatic heterocycles. The van der Waals surface area contributed by atoms with Crippen LogP contribution in [0.5, 0.6) is 0 Å². The van der Waals surface area contributed by atoms with Crippen molar-refractivity contribution in [1.29, 1.82) is 0 Å². The number of hydrogen-bond acceptors (Lipinski definition) is 3. The Morgan fingerprint density at radius 3 is 2.11 bits per heavy atom. The number of alkyl halides is 1. The molecule has 4 heteroatoms. The van der Waals surface area contributed by atoms with Crippen molar-refractivity contribution in [3.05, 3.63) is 0 Å². The molecule has 3 nitrogen and oxygen atoms in total. The van der Waals surface area contributed by atoms with E-state index in [1.165, 1.54) is 0 Å². The maximum atomic E-state index is 12.5. The molecule has 0 saturated carbocycles. The summed E-state index contributed by atoms with van der Waals surface area (Å²) in [6, 6.07) is -1.54. The molecule has 0 radical (unpaired) electrons. The van der Waals surface area contributed by atoms with Gasteiger partial charge in [-0.1, -0.05) is 0 Å². The molecular formula is C5H9FNO2-. The van der Waals surface area contributed by atoms with Crippen molar-refractivity contribution in [3.63, 3.8) is 0 Å². The molecule has 0 heterocycles. The number of carbonyl (C=O) groups excluding carboxylic acids is 1. The maximum absolute atomic E-state index is 12.5. The van der Waals surface area contributed by atoms with Gasteiger partial charge in [0.05, 0.1) is 12.0 Å². The zero-order valence-corrected chi connectivity index (χ0v) is 5.35. The summed E-state index contributed by atoms with van der Waals surface area (Å²) in [6.07, 6.45) is 0. The molecular weight excluding hydrogens is 125 g/mol. The summed E-state index contributed by atoms with van der Waals surface area (Å²) >= 11 is 0. The number of carboxylic acid groups (broad SMARTS) is 1. The SMILES string of the molecule is CC(C)(F)[C@H](N)C(=O)[O-]. The van der Waals surface area contributed by atoms with E-state index in [4.69, 9.17) is 5.73 Å². The molecule has 0 aromatic carbocycles. The van der Waals surface area contributed by atoms with Crippen molar-refractivity contribution in [3.8, 4) is 0 Å². The Morgan fingerprint density at radius 2 is 2.11 bits per heavy atom. The summed E-state index contributed by atoms with van der Waals surface area (Å²) in [5, 5.41) is 9.87. The Morgan fingerprint density at radius 1 is 1.78 bits per heavy atom. The lowest BCUT2D eigenvalue weighted by Gasteiger charge is -2.23. The van der Waals surface area contributed by atoms with E-state index in [1.54, 1.807) is 0 Å². The van der Waals surface area contributed by atoms with Crippen LogP contribution in [-0.2, 0) is 4.79 Å². The van der Waals surface area contributed by atoms with Gasteiger partial charge in [-0.3, -0.25) is 0 Å². The maximum Gasteiger partial charge on any atom is 0.125 e. The lowest BCUT2D eigenvalue weighted by Crippen LogP contribution is -2.52. The van der Waals surface area contributed by atoms with Crippen LogP contribution < -0.4 is 10.8 Å². The second-order valence-electron chi connectivity index (χ2n) is 2.36. The van der Waals surface area contributed by atoms with Gasteiger partial charge < -0.3 is 15.6 Å². The summed E-state index contributed by atoms with van der Waals surface area (Å²) < 4.78 is 12.5. The highest BCUT2D eigenvalue weighted by atomic mass is 19.1. The van der Waals surface area contributed by atoms with E-state index in [0.29, 0.717) is 0 Å². The number of rotatable bonds is 2. The number of nitrogens with two attached hydrogens (primary N) is 1. The Kier molecular flexibility index (Phi) is 2.14. The molecule has 0 amide bonds. The summed E-state index contributed by atoms with van der Waals surface area (Å²) in [5.74, 6) is -1.57. The first-order chi connectivity index (χ1) is 3.85. The van der Waals surface area contributed by atoms with Gasteiger partial charge in [-0.2, -0.15) is 0 Å². The van der Waals surface area contributed by atoms with E-state index >= 15 is 0 Å². The average Bonchev–Trinajstić information content (AvgIpc) is 1.62. The van der Waals surface area contributed by atoms with Crippen LogP contribution in [-0.4, -0.2) is 17.7 Å². The number of carbonyl (C=O) groups is 1. The van der Waals surface area contributed by atoms with Gasteiger partial charge in [-0.05, 0) is 13.8 Å². The Bertz CT molecular complexity index is 119. The average molecular weight is 134 g/mol. The van der Waals surface area contributed by atoms with Gasteiger partial charge in [0.15, 0.2) is 0 Å². The molecule has 0 aliphatic heterocycles. The van der Waals surface area contributed by atoms with Gasteiger partial charge >= 0.3 is 0 Å². The monoisotopic (exact) mass is 134 g/mol. The largest absolute Gasteiger partial charge is 0.548 e.